The summed E-state index contributed by atoms with van der Waals surface area (Å²) in [5.74, 6) is 0.211. The Morgan fingerprint density at radius 3 is 2.60 bits per heavy atom. The molecule has 2 bridgehead atoms. The van der Waals surface area contributed by atoms with Crippen molar-refractivity contribution in [3.05, 3.63) is 35.4 Å². The molecule has 1 aromatic carbocycles. The molecule has 3 aliphatic heterocycles. The van der Waals surface area contributed by atoms with E-state index in [2.05, 4.69) is 27.2 Å². The molecule has 1 N–H and O–H groups in total. The van der Waals surface area contributed by atoms with Crippen LogP contribution in [0.3, 0.4) is 0 Å². The highest BCUT2D eigenvalue weighted by Gasteiger charge is 2.31. The zero-order valence-electron chi connectivity index (χ0n) is 14.7. The molecule has 1 aromatic rings. The summed E-state index contributed by atoms with van der Waals surface area (Å²) >= 11 is 0. The van der Waals surface area contributed by atoms with E-state index in [9.17, 15) is 4.79 Å². The van der Waals surface area contributed by atoms with Crippen LogP contribution in [0.25, 0.3) is 0 Å². The fourth-order valence-electron chi connectivity index (χ4n) is 4.31. The topological polar surface area (TPSA) is 35.6 Å². The lowest BCUT2D eigenvalue weighted by atomic mass is 10.1. The maximum Gasteiger partial charge on any atom is 0.253 e. The average Bonchev–Trinajstić information content (AvgIpc) is 3.16. The number of amides is 1. The summed E-state index contributed by atoms with van der Waals surface area (Å²) in [7, 11) is 0. The number of carbonyl (C=O) groups is 1. The van der Waals surface area contributed by atoms with Crippen LogP contribution in [-0.4, -0.2) is 54.0 Å². The predicted octanol–water partition coefficient (Wildman–Crippen LogP) is 3.09. The van der Waals surface area contributed by atoms with Crippen molar-refractivity contribution in [3.8, 4) is 0 Å². The molecule has 2 unspecified atom stereocenters. The summed E-state index contributed by atoms with van der Waals surface area (Å²) in [5.41, 5.74) is 2.13. The van der Waals surface area contributed by atoms with Gasteiger partial charge >= 0.3 is 0 Å². The fourth-order valence-corrected chi connectivity index (χ4v) is 4.31. The van der Waals surface area contributed by atoms with Gasteiger partial charge in [-0.15, -0.1) is 24.8 Å². The number of nitrogens with zero attached hydrogens (tertiary/aromatic N) is 2. The van der Waals surface area contributed by atoms with Gasteiger partial charge in [0.2, 0.25) is 0 Å². The number of nitrogens with one attached hydrogen (secondary N) is 1. The molecular weight excluding hydrogens is 357 g/mol. The first kappa shape index (κ1) is 20.5. The second-order valence-corrected chi connectivity index (χ2v) is 7.36. The highest BCUT2D eigenvalue weighted by Crippen LogP contribution is 2.22. The Morgan fingerprint density at radius 2 is 1.80 bits per heavy atom. The Morgan fingerprint density at radius 1 is 1.04 bits per heavy atom. The predicted molar refractivity (Wildman–Crippen MR) is 106 cm³/mol. The van der Waals surface area contributed by atoms with Crippen LogP contribution >= 0.6 is 24.8 Å². The van der Waals surface area contributed by atoms with Crippen molar-refractivity contribution in [3.63, 3.8) is 0 Å². The minimum Gasteiger partial charge on any atom is -0.337 e. The highest BCUT2D eigenvalue weighted by molar-refractivity contribution is 5.94. The number of hydrogen-bond donors (Lipinski definition) is 1. The Balaban J connectivity index is 0.00000113. The van der Waals surface area contributed by atoms with E-state index in [0.717, 1.165) is 31.6 Å². The average molecular weight is 386 g/mol. The molecule has 1 amide bonds. The van der Waals surface area contributed by atoms with Crippen LogP contribution in [0.4, 0.5) is 0 Å². The first-order valence-electron chi connectivity index (χ1n) is 9.14. The lowest BCUT2D eigenvalue weighted by Gasteiger charge is -2.24. The van der Waals surface area contributed by atoms with E-state index < -0.39 is 0 Å². The minimum atomic E-state index is 0. The van der Waals surface area contributed by atoms with Gasteiger partial charge < -0.3 is 10.2 Å². The van der Waals surface area contributed by atoms with E-state index in [1.54, 1.807) is 0 Å². The number of benzene rings is 1. The van der Waals surface area contributed by atoms with Gasteiger partial charge in [0.1, 0.15) is 0 Å². The van der Waals surface area contributed by atoms with Gasteiger partial charge in [-0.25, -0.2) is 0 Å². The van der Waals surface area contributed by atoms with Gasteiger partial charge in [0.15, 0.2) is 0 Å². The third-order valence-electron chi connectivity index (χ3n) is 5.59. The molecule has 4 nitrogen and oxygen atoms in total. The molecule has 3 heterocycles. The Kier molecular flexibility index (Phi) is 7.56. The summed E-state index contributed by atoms with van der Waals surface area (Å²) in [4.78, 5) is 17.4. The number of likely N-dealkylation sites (tertiary alicyclic amines) is 2. The van der Waals surface area contributed by atoms with Crippen LogP contribution < -0.4 is 5.32 Å². The lowest BCUT2D eigenvalue weighted by molar-refractivity contribution is 0.0748. The summed E-state index contributed by atoms with van der Waals surface area (Å²) in [6, 6.07) is 9.41. The summed E-state index contributed by atoms with van der Waals surface area (Å²) in [6.07, 6.45) is 6.20. The molecule has 3 aliphatic rings. The van der Waals surface area contributed by atoms with Gasteiger partial charge in [-0.2, -0.15) is 0 Å². The van der Waals surface area contributed by atoms with Crippen LogP contribution in [0, 0.1) is 0 Å². The molecule has 0 radical (unpaired) electrons. The number of rotatable bonds is 3. The largest absolute Gasteiger partial charge is 0.337 e. The number of hydrogen-bond acceptors (Lipinski definition) is 3. The second-order valence-electron chi connectivity index (χ2n) is 7.36. The summed E-state index contributed by atoms with van der Waals surface area (Å²) < 4.78 is 0. The van der Waals surface area contributed by atoms with E-state index in [0.29, 0.717) is 12.1 Å². The highest BCUT2D eigenvalue weighted by atomic mass is 35.5. The van der Waals surface area contributed by atoms with Crippen molar-refractivity contribution >= 4 is 30.7 Å². The summed E-state index contributed by atoms with van der Waals surface area (Å²) in [6.45, 7) is 5.13. The zero-order valence-corrected chi connectivity index (χ0v) is 16.3. The van der Waals surface area contributed by atoms with Crippen molar-refractivity contribution < 1.29 is 4.79 Å². The zero-order chi connectivity index (χ0) is 15.6. The molecule has 140 valence electrons. The third kappa shape index (κ3) is 4.88. The van der Waals surface area contributed by atoms with Gasteiger partial charge in [-0.1, -0.05) is 12.1 Å². The van der Waals surface area contributed by atoms with Gasteiger partial charge in [0, 0.05) is 37.3 Å². The van der Waals surface area contributed by atoms with Crippen molar-refractivity contribution in [1.29, 1.82) is 0 Å². The normalized spacial score (nSPS) is 25.8. The molecule has 0 aromatic heterocycles. The van der Waals surface area contributed by atoms with Crippen molar-refractivity contribution in [2.24, 2.45) is 0 Å². The lowest BCUT2D eigenvalue weighted by Crippen LogP contribution is -2.39. The molecule has 0 aliphatic carbocycles. The molecule has 6 heteroatoms. The van der Waals surface area contributed by atoms with E-state index in [1.807, 2.05) is 12.1 Å². The first-order chi connectivity index (χ1) is 11.3. The Hall–Kier alpha value is -0.810. The second kappa shape index (κ2) is 9.22. The maximum atomic E-state index is 12.9. The molecule has 2 atom stereocenters. The SMILES string of the molecule is Cl.Cl.O=C(c1cccc(CN2CCCC2)c1)N1CCC2CCC(C1)N2. The number of halogens is 2. The van der Waals surface area contributed by atoms with Gasteiger partial charge in [-0.05, 0) is 62.9 Å². The van der Waals surface area contributed by atoms with E-state index in [4.69, 9.17) is 0 Å². The monoisotopic (exact) mass is 385 g/mol. The molecule has 25 heavy (non-hydrogen) atoms. The van der Waals surface area contributed by atoms with Crippen molar-refractivity contribution in [2.75, 3.05) is 26.2 Å². The van der Waals surface area contributed by atoms with Gasteiger partial charge in [0.25, 0.3) is 5.91 Å². The number of carbonyl (C=O) groups excluding carboxylic acids is 1. The minimum absolute atomic E-state index is 0. The van der Waals surface area contributed by atoms with Crippen LogP contribution in [0.5, 0.6) is 0 Å². The summed E-state index contributed by atoms with van der Waals surface area (Å²) in [5, 5.41) is 3.65. The molecular formula is C19H29Cl2N3O. The van der Waals surface area contributed by atoms with E-state index in [1.165, 1.54) is 44.3 Å². The van der Waals surface area contributed by atoms with Gasteiger partial charge in [0.05, 0.1) is 0 Å². The van der Waals surface area contributed by atoms with Crippen LogP contribution in [0.15, 0.2) is 24.3 Å². The molecule has 3 fully saturated rings. The van der Waals surface area contributed by atoms with Crippen molar-refractivity contribution in [1.82, 2.24) is 15.1 Å². The number of fused-ring (bicyclic) bond motifs is 2. The van der Waals surface area contributed by atoms with Crippen LogP contribution in [-0.2, 0) is 6.54 Å². The molecule has 3 saturated heterocycles. The fraction of sp³-hybridized carbons (Fsp3) is 0.632. The maximum absolute atomic E-state index is 12.9. The van der Waals surface area contributed by atoms with E-state index >= 15 is 0 Å². The standard InChI is InChI=1S/C19H27N3O.2ClH/c23-19(22-11-8-17-6-7-18(14-22)20-17)16-5-3-4-15(12-16)13-21-9-1-2-10-21;;/h3-5,12,17-18,20H,1-2,6-11,13-14H2;2*1H. The van der Waals surface area contributed by atoms with Crippen molar-refractivity contribution in [2.45, 2.75) is 50.7 Å². The first-order valence-corrected chi connectivity index (χ1v) is 9.14. The molecule has 0 saturated carbocycles. The van der Waals surface area contributed by atoms with Gasteiger partial charge in [-0.3, -0.25) is 9.69 Å². The molecule has 4 rings (SSSR count). The van der Waals surface area contributed by atoms with Crippen LogP contribution in [0.1, 0.15) is 48.0 Å². The van der Waals surface area contributed by atoms with E-state index in [-0.39, 0.29) is 30.7 Å². The molecule has 0 spiro atoms. The van der Waals surface area contributed by atoms with Crippen LogP contribution in [0.2, 0.25) is 0 Å². The Labute approximate surface area is 163 Å². The quantitative estimate of drug-likeness (QED) is 0.867. The third-order valence-corrected chi connectivity index (χ3v) is 5.59. The smallest absolute Gasteiger partial charge is 0.253 e. The Bertz CT molecular complexity index is 578.